The number of anilines is 1. The molecule has 2 aromatic carbocycles. The van der Waals surface area contributed by atoms with E-state index in [0.29, 0.717) is 70.5 Å². The minimum absolute atomic E-state index is 0.00981. The summed E-state index contributed by atoms with van der Waals surface area (Å²) >= 11 is 1.58. The predicted molar refractivity (Wildman–Crippen MR) is 314 cm³/mol. The number of nitrogens with one attached hydrogen (secondary N) is 3. The second-order valence-corrected chi connectivity index (χ2v) is 24.8. The van der Waals surface area contributed by atoms with Crippen LogP contribution in [0.25, 0.3) is 21.3 Å². The first-order valence-electron chi connectivity index (χ1n) is 28.9. The van der Waals surface area contributed by atoms with E-state index < -0.39 is 29.5 Å². The number of hydrogen-bond donors (Lipinski definition) is 4. The number of benzene rings is 2. The summed E-state index contributed by atoms with van der Waals surface area (Å²) in [5.74, 6) is 1.55. The van der Waals surface area contributed by atoms with E-state index in [1.54, 1.807) is 16.0 Å². The Balaban J connectivity index is 0.704. The van der Waals surface area contributed by atoms with E-state index in [1.165, 1.54) is 30.6 Å². The molecule has 3 amide bonds. The Hall–Kier alpha value is -5.48. The lowest BCUT2D eigenvalue weighted by atomic mass is 9.71. The Labute approximate surface area is 478 Å². The molecule has 1 saturated heterocycles. The van der Waals surface area contributed by atoms with Crippen molar-refractivity contribution in [1.29, 1.82) is 0 Å². The maximum absolute atomic E-state index is 14.1. The molecule has 0 spiro atoms. The Bertz CT molecular complexity index is 2720. The number of para-hydroxylation sites is 1. The fourth-order valence-corrected chi connectivity index (χ4v) is 11.5. The first-order valence-corrected chi connectivity index (χ1v) is 29.8. The number of fused-ring (bicyclic) bond motifs is 1. The van der Waals surface area contributed by atoms with Gasteiger partial charge in [0, 0.05) is 56.6 Å². The summed E-state index contributed by atoms with van der Waals surface area (Å²) in [6, 6.07) is 15.0. The highest BCUT2D eigenvalue weighted by atomic mass is 32.1. The van der Waals surface area contributed by atoms with Crippen LogP contribution in [-0.2, 0) is 54.6 Å². The third kappa shape index (κ3) is 18.8. The number of nitrogens with zero attached hydrogens (tertiary/aromatic N) is 9. The average Bonchev–Trinajstić information content (AvgIpc) is 4.21. The molecule has 1 aliphatic carbocycles. The van der Waals surface area contributed by atoms with E-state index in [1.807, 2.05) is 75.8 Å². The van der Waals surface area contributed by atoms with Gasteiger partial charge in [0.25, 0.3) is 0 Å². The number of likely N-dealkylation sites (tertiary alicyclic amines) is 1. The van der Waals surface area contributed by atoms with Crippen LogP contribution in [0.3, 0.4) is 0 Å². The molecule has 0 unspecified atom stereocenters. The molecule has 5 aromatic rings. The maximum Gasteiger partial charge on any atom is 0.246 e. The van der Waals surface area contributed by atoms with E-state index in [4.69, 9.17) is 24.2 Å². The molecule has 19 nitrogen and oxygen atoms in total. The predicted octanol–water partition coefficient (Wildman–Crippen LogP) is 7.31. The molecule has 7 rings (SSSR count). The molecular formula is C60H90N12O7S. The summed E-state index contributed by atoms with van der Waals surface area (Å²) in [5.41, 5.74) is 6.21. The molecule has 0 bridgehead atoms. The normalized spacial score (nSPS) is 18.3. The van der Waals surface area contributed by atoms with Crippen molar-refractivity contribution in [3.63, 3.8) is 0 Å². The highest BCUT2D eigenvalue weighted by Gasteiger charge is 2.44. The van der Waals surface area contributed by atoms with Gasteiger partial charge in [0.05, 0.1) is 86.1 Å². The highest BCUT2D eigenvalue weighted by Crippen LogP contribution is 2.39. The van der Waals surface area contributed by atoms with Crippen LogP contribution in [0.5, 0.6) is 0 Å². The van der Waals surface area contributed by atoms with E-state index in [0.717, 1.165) is 88.5 Å². The van der Waals surface area contributed by atoms with Crippen LogP contribution >= 0.6 is 11.3 Å². The SMILES string of the molecule is Cc1ncsc1-c1ccc(CNC(=O)[C@@H]2C[C@@H](O)CN2C(=O)[C@@H](NC(=O)CCCc2cn(CCOCCOCCOCCN(C)CCCNc3nc(CN(C)C4CCC(C(C)(C)C)CC4)nc4ccccc34)nn2)C(C)(C)C)cc1. The first kappa shape index (κ1) is 62.1. The number of aryl methyl sites for hydroxylation is 2. The molecule has 1 saturated carbocycles. The van der Waals surface area contributed by atoms with Gasteiger partial charge in [-0.1, -0.05) is 83.2 Å². The van der Waals surface area contributed by atoms with Crippen molar-refractivity contribution in [2.45, 2.75) is 150 Å². The monoisotopic (exact) mass is 1120 g/mol. The molecular weight excluding hydrogens is 1030 g/mol. The lowest BCUT2D eigenvalue weighted by Crippen LogP contribution is -2.57. The van der Waals surface area contributed by atoms with Gasteiger partial charge in [-0.05, 0) is 113 Å². The van der Waals surface area contributed by atoms with E-state index in [2.05, 4.69) is 88.0 Å². The number of likely N-dealkylation sites (N-methyl/N-ethyl adjacent to an activating group) is 1. The molecule has 2 aliphatic rings. The fourth-order valence-electron chi connectivity index (χ4n) is 10.7. The van der Waals surface area contributed by atoms with Gasteiger partial charge >= 0.3 is 0 Å². The van der Waals surface area contributed by atoms with Gasteiger partial charge in [-0.3, -0.25) is 19.3 Å². The topological polar surface area (TPSA) is 214 Å². The molecule has 4 N–H and O–H groups in total. The summed E-state index contributed by atoms with van der Waals surface area (Å²) in [6.45, 7) is 21.8. The lowest BCUT2D eigenvalue weighted by Gasteiger charge is -2.39. The highest BCUT2D eigenvalue weighted by molar-refractivity contribution is 7.13. The Kier molecular flexibility index (Phi) is 23.3. The van der Waals surface area contributed by atoms with Gasteiger partial charge in [0.2, 0.25) is 17.7 Å². The van der Waals surface area contributed by atoms with E-state index in [-0.39, 0.29) is 37.7 Å². The van der Waals surface area contributed by atoms with Crippen molar-refractivity contribution in [3.8, 4) is 10.4 Å². The molecule has 0 radical (unpaired) electrons. The van der Waals surface area contributed by atoms with Crippen LogP contribution in [0, 0.1) is 23.7 Å². The number of carbonyl (C=O) groups is 3. The quantitative estimate of drug-likeness (QED) is 0.0332. The zero-order valence-corrected chi connectivity index (χ0v) is 49.9. The molecule has 4 heterocycles. The molecule has 20 heteroatoms. The number of aliphatic hydroxyl groups excluding tert-OH is 1. The summed E-state index contributed by atoms with van der Waals surface area (Å²) in [7, 11) is 4.35. The molecule has 2 fully saturated rings. The zero-order chi connectivity index (χ0) is 57.2. The van der Waals surface area contributed by atoms with Crippen LogP contribution in [0.1, 0.15) is 116 Å². The number of thiazole rings is 1. The third-order valence-corrected chi connectivity index (χ3v) is 16.5. The number of aliphatic hydroxyl groups is 1. The second kappa shape index (κ2) is 30.0. The van der Waals surface area contributed by atoms with Crippen LogP contribution < -0.4 is 16.0 Å². The van der Waals surface area contributed by atoms with Gasteiger partial charge in [0.1, 0.15) is 23.7 Å². The number of aromatic nitrogens is 6. The van der Waals surface area contributed by atoms with Crippen LogP contribution in [0.15, 0.2) is 60.2 Å². The summed E-state index contributed by atoms with van der Waals surface area (Å²) in [6.07, 6.45) is 8.33. The number of rotatable bonds is 30. The van der Waals surface area contributed by atoms with Crippen molar-refractivity contribution in [2.75, 3.05) is 85.2 Å². The molecule has 80 heavy (non-hydrogen) atoms. The van der Waals surface area contributed by atoms with Crippen molar-refractivity contribution < 1.29 is 33.7 Å². The minimum Gasteiger partial charge on any atom is -0.391 e. The number of amides is 3. The van der Waals surface area contributed by atoms with Crippen molar-refractivity contribution in [2.24, 2.45) is 16.7 Å². The number of ether oxygens (including phenoxy) is 3. The van der Waals surface area contributed by atoms with Crippen LogP contribution in [0.2, 0.25) is 0 Å². The van der Waals surface area contributed by atoms with Gasteiger partial charge in [-0.2, -0.15) is 0 Å². The largest absolute Gasteiger partial charge is 0.391 e. The third-order valence-electron chi connectivity index (χ3n) is 15.6. The minimum atomic E-state index is -0.902. The molecule has 1 aliphatic heterocycles. The van der Waals surface area contributed by atoms with Crippen molar-refractivity contribution >= 4 is 45.8 Å². The van der Waals surface area contributed by atoms with Crippen LogP contribution in [0.4, 0.5) is 5.82 Å². The van der Waals surface area contributed by atoms with Gasteiger partial charge in [-0.15, -0.1) is 16.4 Å². The zero-order valence-electron chi connectivity index (χ0n) is 49.0. The average molecular weight is 1120 g/mol. The van der Waals surface area contributed by atoms with Gasteiger partial charge in [-0.25, -0.2) is 19.6 Å². The number of hydrogen-bond acceptors (Lipinski definition) is 16. The molecule has 438 valence electrons. The smallest absolute Gasteiger partial charge is 0.246 e. The Morgan fingerprint density at radius 1 is 0.875 bits per heavy atom. The van der Waals surface area contributed by atoms with E-state index in [9.17, 15) is 19.5 Å². The van der Waals surface area contributed by atoms with Gasteiger partial charge < -0.3 is 45.1 Å². The standard InChI is InChI=1S/C60H90N12O7S/c1-42-54(80-41-63-42)44-20-18-43(19-21-44)37-62-57(75)51-36-48(73)39-72(51)58(76)55(60(5,6)7)66-53(74)17-12-14-46-38-71(68-67-46)29-31-78-33-35-79-34-32-77-30-28-69(8)27-13-26-61-56-49-15-10-11-16-50(49)64-52(65-56)40-70(9)47-24-22-45(23-25-47)59(2,3)4/h10-11,15-16,18-21,38,41,45,47-48,51,55,73H,12-14,17,22-37,39-40H2,1-9H3,(H,62,75)(H,66,74)(H,61,64,65)/t45?,47?,48-,51+,55-/m1/s1. The lowest BCUT2D eigenvalue weighted by molar-refractivity contribution is -0.144. The van der Waals surface area contributed by atoms with Crippen molar-refractivity contribution in [1.82, 2.24) is 55.3 Å². The van der Waals surface area contributed by atoms with Gasteiger partial charge in [0.15, 0.2) is 0 Å². The van der Waals surface area contributed by atoms with Crippen molar-refractivity contribution in [3.05, 3.63) is 83.0 Å². The fraction of sp³-hybridized carbons (Fsp3) is 0.633. The first-order chi connectivity index (χ1) is 38.3. The summed E-state index contributed by atoms with van der Waals surface area (Å²) in [4.78, 5) is 62.4. The number of carbonyl (C=O) groups excluding carboxylic acids is 3. The van der Waals surface area contributed by atoms with Crippen LogP contribution in [-0.4, -0.2) is 172 Å². The Morgan fingerprint density at radius 2 is 1.59 bits per heavy atom. The number of β-amino-alcohol motifs (C(OH)–C–C–N with tert-alkyl or cyclic N) is 1. The second-order valence-electron chi connectivity index (χ2n) is 24.0. The maximum atomic E-state index is 14.1. The van der Waals surface area contributed by atoms with E-state index >= 15 is 0 Å². The summed E-state index contributed by atoms with van der Waals surface area (Å²) in [5, 5.41) is 29.7. The summed E-state index contributed by atoms with van der Waals surface area (Å²) < 4.78 is 19.1. The molecule has 3 atom stereocenters. The molecule has 3 aromatic heterocycles. The Morgan fingerprint density at radius 3 is 2.29 bits per heavy atom.